The molecule has 3 rings (SSSR count). The predicted molar refractivity (Wildman–Crippen MR) is 95.4 cm³/mol. The van der Waals surface area contributed by atoms with Crippen LogP contribution in [0.5, 0.6) is 0 Å². The maximum absolute atomic E-state index is 8.82. The van der Waals surface area contributed by atoms with Crippen LogP contribution in [0.4, 0.5) is 0 Å². The SMILES string of the molecule is COC1(c2nc(Sc3ccc(C(C)=NO)cc3)cs2)CCOCC1. The molecule has 1 aliphatic heterocycles. The maximum Gasteiger partial charge on any atom is 0.126 e. The van der Waals surface area contributed by atoms with Crippen LogP contribution in [0.2, 0.25) is 0 Å². The Balaban J connectivity index is 1.74. The van der Waals surface area contributed by atoms with E-state index in [4.69, 9.17) is 19.7 Å². The molecule has 0 saturated carbocycles. The van der Waals surface area contributed by atoms with Gasteiger partial charge in [0.15, 0.2) is 0 Å². The van der Waals surface area contributed by atoms with Crippen LogP contribution < -0.4 is 0 Å². The summed E-state index contributed by atoms with van der Waals surface area (Å²) in [7, 11) is 1.75. The van der Waals surface area contributed by atoms with Crippen molar-refractivity contribution in [1.82, 2.24) is 4.98 Å². The number of ether oxygens (including phenoxy) is 2. The molecule has 1 aromatic heterocycles. The Morgan fingerprint density at radius 1 is 1.33 bits per heavy atom. The number of hydrogen-bond donors (Lipinski definition) is 1. The summed E-state index contributed by atoms with van der Waals surface area (Å²) in [4.78, 5) is 5.88. The number of rotatable bonds is 5. The molecule has 7 heteroatoms. The summed E-state index contributed by atoms with van der Waals surface area (Å²) in [6.07, 6.45) is 1.69. The van der Waals surface area contributed by atoms with Gasteiger partial charge in [-0.15, -0.1) is 11.3 Å². The molecule has 0 radical (unpaired) electrons. The normalized spacial score (nSPS) is 17.8. The fraction of sp³-hybridized carbons (Fsp3) is 0.412. The van der Waals surface area contributed by atoms with E-state index in [0.29, 0.717) is 18.9 Å². The molecule has 0 amide bonds. The van der Waals surface area contributed by atoms with Gasteiger partial charge in [-0.1, -0.05) is 29.1 Å². The Morgan fingerprint density at radius 2 is 2.04 bits per heavy atom. The van der Waals surface area contributed by atoms with Gasteiger partial charge in [0.2, 0.25) is 0 Å². The molecule has 0 atom stereocenters. The third kappa shape index (κ3) is 3.64. The molecule has 2 aromatic rings. The molecule has 24 heavy (non-hydrogen) atoms. The van der Waals surface area contributed by atoms with Gasteiger partial charge in [-0.2, -0.15) is 0 Å². The lowest BCUT2D eigenvalue weighted by molar-refractivity contribution is -0.0950. The second-order valence-corrected chi connectivity index (χ2v) is 7.57. The highest BCUT2D eigenvalue weighted by Crippen LogP contribution is 2.39. The molecule has 0 aliphatic carbocycles. The minimum atomic E-state index is -0.305. The molecule has 2 heterocycles. The molecule has 1 fully saturated rings. The number of benzene rings is 1. The topological polar surface area (TPSA) is 63.9 Å². The highest BCUT2D eigenvalue weighted by Gasteiger charge is 2.37. The van der Waals surface area contributed by atoms with Crippen molar-refractivity contribution in [3.05, 3.63) is 40.2 Å². The van der Waals surface area contributed by atoms with E-state index in [-0.39, 0.29) is 5.60 Å². The van der Waals surface area contributed by atoms with E-state index in [2.05, 4.69) is 10.5 Å². The molecule has 0 unspecified atom stereocenters. The van der Waals surface area contributed by atoms with Gasteiger partial charge >= 0.3 is 0 Å². The Kier molecular flexibility index (Phi) is 5.55. The summed E-state index contributed by atoms with van der Waals surface area (Å²) in [6, 6.07) is 7.90. The summed E-state index contributed by atoms with van der Waals surface area (Å²) >= 11 is 3.27. The average molecular weight is 364 g/mol. The second-order valence-electron chi connectivity index (χ2n) is 5.61. The van der Waals surface area contributed by atoms with E-state index in [1.165, 1.54) is 0 Å². The maximum atomic E-state index is 8.82. The van der Waals surface area contributed by atoms with Gasteiger partial charge in [0.1, 0.15) is 15.6 Å². The zero-order valence-electron chi connectivity index (χ0n) is 13.7. The third-order valence-electron chi connectivity index (χ3n) is 4.21. The average Bonchev–Trinajstić information content (AvgIpc) is 3.11. The lowest BCUT2D eigenvalue weighted by Gasteiger charge is -2.33. The second kappa shape index (κ2) is 7.65. The zero-order chi connectivity index (χ0) is 17.0. The van der Waals surface area contributed by atoms with Gasteiger partial charge < -0.3 is 14.7 Å². The molecule has 5 nitrogen and oxygen atoms in total. The predicted octanol–water partition coefficient (Wildman–Crippen LogP) is 4.14. The van der Waals surface area contributed by atoms with E-state index < -0.39 is 0 Å². The summed E-state index contributed by atoms with van der Waals surface area (Å²) < 4.78 is 11.3. The van der Waals surface area contributed by atoms with E-state index in [1.54, 1.807) is 37.1 Å². The van der Waals surface area contributed by atoms with Gasteiger partial charge in [-0.25, -0.2) is 4.98 Å². The quantitative estimate of drug-likeness (QED) is 0.491. The van der Waals surface area contributed by atoms with E-state index in [9.17, 15) is 0 Å². The summed E-state index contributed by atoms with van der Waals surface area (Å²) in [5, 5.41) is 16.1. The largest absolute Gasteiger partial charge is 0.411 e. The first-order valence-electron chi connectivity index (χ1n) is 7.73. The van der Waals surface area contributed by atoms with E-state index in [0.717, 1.165) is 33.3 Å². The molecular formula is C17H20N2O3S2. The highest BCUT2D eigenvalue weighted by molar-refractivity contribution is 7.99. The van der Waals surface area contributed by atoms with Crippen molar-refractivity contribution < 1.29 is 14.7 Å². The molecule has 1 N–H and O–H groups in total. The molecule has 1 aromatic carbocycles. The number of aromatic nitrogens is 1. The van der Waals surface area contributed by atoms with E-state index in [1.807, 2.05) is 24.3 Å². The number of hydrogen-bond acceptors (Lipinski definition) is 7. The van der Waals surface area contributed by atoms with Crippen molar-refractivity contribution in [1.29, 1.82) is 0 Å². The highest BCUT2D eigenvalue weighted by atomic mass is 32.2. The molecule has 128 valence electrons. The summed E-state index contributed by atoms with van der Waals surface area (Å²) in [5.74, 6) is 0. The van der Waals surface area contributed by atoms with Crippen LogP contribution in [0.3, 0.4) is 0 Å². The third-order valence-corrected chi connectivity index (χ3v) is 6.31. The summed E-state index contributed by atoms with van der Waals surface area (Å²) in [6.45, 7) is 3.19. The summed E-state index contributed by atoms with van der Waals surface area (Å²) in [5.41, 5.74) is 1.20. The van der Waals surface area contributed by atoms with Crippen LogP contribution in [-0.4, -0.2) is 36.2 Å². The zero-order valence-corrected chi connectivity index (χ0v) is 15.3. The number of methoxy groups -OCH3 is 1. The standard InChI is InChI=1S/C17H20N2O3S2/c1-12(19-20)13-3-5-14(6-4-13)24-15-11-23-16(18-15)17(21-2)7-9-22-10-8-17/h3-6,11,20H,7-10H2,1-2H3. The molecule has 1 aliphatic rings. The molecule has 0 spiro atoms. The molecule has 1 saturated heterocycles. The first-order chi connectivity index (χ1) is 11.7. The van der Waals surface area contributed by atoms with Crippen LogP contribution in [-0.2, 0) is 15.1 Å². The van der Waals surface area contributed by atoms with Crippen molar-refractivity contribution in [2.45, 2.75) is 35.3 Å². The number of thiazole rings is 1. The van der Waals surface area contributed by atoms with Crippen molar-refractivity contribution in [3.63, 3.8) is 0 Å². The monoisotopic (exact) mass is 364 g/mol. The number of nitrogens with zero attached hydrogens (tertiary/aromatic N) is 2. The Hall–Kier alpha value is -1.41. The minimum absolute atomic E-state index is 0.305. The van der Waals surface area contributed by atoms with Gasteiger partial charge in [0.25, 0.3) is 0 Å². The molecular weight excluding hydrogens is 344 g/mol. The fourth-order valence-corrected chi connectivity index (χ4v) is 4.63. The fourth-order valence-electron chi connectivity index (χ4n) is 2.66. The van der Waals surface area contributed by atoms with Crippen molar-refractivity contribution >= 4 is 28.8 Å². The Morgan fingerprint density at radius 3 is 2.67 bits per heavy atom. The van der Waals surface area contributed by atoms with Gasteiger partial charge in [-0.3, -0.25) is 0 Å². The van der Waals surface area contributed by atoms with Crippen molar-refractivity contribution in [2.75, 3.05) is 20.3 Å². The first kappa shape index (κ1) is 17.4. The van der Waals surface area contributed by atoms with Gasteiger partial charge in [0, 0.05) is 43.4 Å². The minimum Gasteiger partial charge on any atom is -0.411 e. The lowest BCUT2D eigenvalue weighted by atomic mass is 9.95. The van der Waals surface area contributed by atoms with Crippen LogP contribution in [0.15, 0.2) is 44.7 Å². The van der Waals surface area contributed by atoms with Crippen LogP contribution in [0.1, 0.15) is 30.3 Å². The van der Waals surface area contributed by atoms with Gasteiger partial charge in [0.05, 0.1) is 5.71 Å². The Labute approximate surface area is 149 Å². The molecule has 0 bridgehead atoms. The lowest BCUT2D eigenvalue weighted by Crippen LogP contribution is -2.35. The Bertz CT molecular complexity index is 707. The van der Waals surface area contributed by atoms with E-state index >= 15 is 0 Å². The number of oxime groups is 1. The van der Waals surface area contributed by atoms with Crippen LogP contribution in [0, 0.1) is 0 Å². The van der Waals surface area contributed by atoms with Crippen LogP contribution >= 0.6 is 23.1 Å². The van der Waals surface area contributed by atoms with Crippen molar-refractivity contribution in [3.8, 4) is 0 Å². The first-order valence-corrected chi connectivity index (χ1v) is 9.42. The van der Waals surface area contributed by atoms with Crippen LogP contribution in [0.25, 0.3) is 0 Å². The smallest absolute Gasteiger partial charge is 0.126 e. The van der Waals surface area contributed by atoms with Crippen molar-refractivity contribution in [2.24, 2.45) is 5.16 Å². The van der Waals surface area contributed by atoms with Gasteiger partial charge in [-0.05, 0) is 24.6 Å².